The van der Waals surface area contributed by atoms with Gasteiger partial charge in [0, 0.05) is 69.7 Å². The van der Waals surface area contributed by atoms with Crippen molar-refractivity contribution >= 4 is 126 Å². The number of thiophene rings is 1. The molecule has 0 radical (unpaired) electrons. The molecule has 0 fully saturated rings. The number of hydrogen-bond acceptors (Lipinski definition) is 4. The van der Waals surface area contributed by atoms with Crippen molar-refractivity contribution in [2.75, 3.05) is 4.81 Å². The number of aromatic nitrogens is 1. The minimum atomic E-state index is -0.175. The Morgan fingerprint density at radius 1 is 0.514 bits per heavy atom. The standard InChI is InChI=1S/C68H61BN2O2S/c1-64(2,3)36-20-22-37(23-21-36)71-51-30-41-40-28-45-48(68(10,11)27-25-65(45,4)5)34-55(40)72-54(41)32-44(51)58-59-39-17-12-14-18-53(39)73-63(59)60-43-29-46-47(67(8,9)26-24-66(46,6)7)33-50(43)70-52-31-42-38-16-13-15-19-56(38)74-57(42)35-49(52)69(71)61(58)62(60)70/h12-23,28-35H,24-27H2,1-11H3. The zero-order valence-corrected chi connectivity index (χ0v) is 45.4. The number of fused-ring (bicyclic) bond motifs is 21. The fourth-order valence-electron chi connectivity index (χ4n) is 14.8. The summed E-state index contributed by atoms with van der Waals surface area (Å²) in [5.74, 6) is 0. The summed E-state index contributed by atoms with van der Waals surface area (Å²) in [5, 5.41) is 9.81. The van der Waals surface area contributed by atoms with Crippen LogP contribution in [-0.2, 0) is 27.1 Å². The van der Waals surface area contributed by atoms with E-state index in [-0.39, 0.29) is 33.9 Å². The molecule has 6 heteroatoms. The molecule has 4 nitrogen and oxygen atoms in total. The van der Waals surface area contributed by atoms with Gasteiger partial charge in [-0.05, 0) is 170 Å². The van der Waals surface area contributed by atoms with Crippen LogP contribution in [0.25, 0.3) is 103 Å². The van der Waals surface area contributed by atoms with Gasteiger partial charge >= 0.3 is 6.85 Å². The molecule has 2 aliphatic heterocycles. The SMILES string of the molecule is CC(C)(C)c1ccc(N2B3c4cc5sc6ccccc6c5cc4-n4c5cc6c(cc5c5c7oc8ccccc8c7c(c3c54)-c3cc4oc5cc7c(cc5c4cc32)C(C)(C)CCC7(C)C)C(C)(C)CCC6(C)C)cc1. The first-order valence-corrected chi connectivity index (χ1v) is 28.0. The molecule has 74 heavy (non-hydrogen) atoms. The Hall–Kier alpha value is -6.76. The van der Waals surface area contributed by atoms with Crippen LogP contribution in [0.3, 0.4) is 0 Å². The van der Waals surface area contributed by atoms with E-state index in [1.165, 1.54) is 120 Å². The van der Waals surface area contributed by atoms with Crippen LogP contribution in [0.1, 0.15) is 130 Å². The summed E-state index contributed by atoms with van der Waals surface area (Å²) in [6.07, 6.45) is 4.61. The van der Waals surface area contributed by atoms with Gasteiger partial charge < -0.3 is 18.2 Å². The van der Waals surface area contributed by atoms with E-state index in [9.17, 15) is 0 Å². The lowest BCUT2D eigenvalue weighted by Crippen LogP contribution is -2.60. The first-order valence-electron chi connectivity index (χ1n) is 27.2. The molecule has 16 rings (SSSR count). The fraction of sp³-hybridized carbons (Fsp3) is 0.294. The predicted octanol–water partition coefficient (Wildman–Crippen LogP) is 18.2. The van der Waals surface area contributed by atoms with Crippen molar-refractivity contribution < 1.29 is 8.83 Å². The summed E-state index contributed by atoms with van der Waals surface area (Å²) < 4.78 is 19.9. The Bertz CT molecular complexity index is 4540. The molecule has 0 saturated heterocycles. The Morgan fingerprint density at radius 3 is 1.81 bits per heavy atom. The van der Waals surface area contributed by atoms with Crippen molar-refractivity contribution in [3.8, 4) is 16.8 Å². The van der Waals surface area contributed by atoms with Gasteiger partial charge in [-0.3, -0.25) is 0 Å². The maximum absolute atomic E-state index is 7.41. The molecule has 0 unspecified atom stereocenters. The van der Waals surface area contributed by atoms with Crippen molar-refractivity contribution in [3.63, 3.8) is 0 Å². The quantitative estimate of drug-likeness (QED) is 0.154. The zero-order chi connectivity index (χ0) is 50.5. The van der Waals surface area contributed by atoms with Crippen LogP contribution in [0.4, 0.5) is 11.4 Å². The Morgan fingerprint density at radius 2 is 1.11 bits per heavy atom. The predicted molar refractivity (Wildman–Crippen MR) is 317 cm³/mol. The van der Waals surface area contributed by atoms with E-state index in [2.05, 4.69) is 207 Å². The summed E-state index contributed by atoms with van der Waals surface area (Å²) in [5.41, 5.74) is 22.3. The molecule has 0 spiro atoms. The van der Waals surface area contributed by atoms with Crippen molar-refractivity contribution in [2.24, 2.45) is 0 Å². The number of anilines is 2. The Balaban J connectivity index is 1.13. The summed E-state index contributed by atoms with van der Waals surface area (Å²) in [6.45, 7) is 26.3. The number of furan rings is 2. The fourth-order valence-corrected chi connectivity index (χ4v) is 15.9. The highest BCUT2D eigenvalue weighted by Gasteiger charge is 2.48. The smallest absolute Gasteiger partial charge is 0.333 e. The highest BCUT2D eigenvalue weighted by atomic mass is 32.1. The highest BCUT2D eigenvalue weighted by Crippen LogP contribution is 2.56. The van der Waals surface area contributed by atoms with Crippen molar-refractivity contribution in [1.29, 1.82) is 0 Å². The molecule has 6 heterocycles. The summed E-state index contributed by atoms with van der Waals surface area (Å²) in [4.78, 5) is 2.72. The molecule has 2 aliphatic carbocycles. The van der Waals surface area contributed by atoms with Gasteiger partial charge in [-0.15, -0.1) is 11.3 Å². The number of rotatable bonds is 1. The Labute approximate surface area is 437 Å². The van der Waals surface area contributed by atoms with Gasteiger partial charge in [-0.2, -0.15) is 0 Å². The van der Waals surface area contributed by atoms with Crippen molar-refractivity contribution in [2.45, 2.75) is 129 Å². The van der Waals surface area contributed by atoms with E-state index in [1.807, 2.05) is 11.3 Å². The average Bonchev–Trinajstić information content (AvgIpc) is 4.23. The number of benzene rings is 8. The highest BCUT2D eigenvalue weighted by molar-refractivity contribution is 7.26. The molecule has 8 aromatic carbocycles. The van der Waals surface area contributed by atoms with Crippen molar-refractivity contribution in [3.05, 3.63) is 149 Å². The molecule has 0 N–H and O–H groups in total. The Kier molecular flexibility index (Phi) is 8.10. The molecular formula is C68H61BN2O2S. The van der Waals surface area contributed by atoms with Crippen LogP contribution in [0.5, 0.6) is 0 Å². The van der Waals surface area contributed by atoms with E-state index < -0.39 is 0 Å². The summed E-state index contributed by atoms with van der Waals surface area (Å²) >= 11 is 1.92. The molecule has 0 atom stereocenters. The van der Waals surface area contributed by atoms with E-state index in [4.69, 9.17) is 8.83 Å². The van der Waals surface area contributed by atoms with Gasteiger partial charge in [-0.1, -0.05) is 125 Å². The topological polar surface area (TPSA) is 34.5 Å². The molecule has 364 valence electrons. The van der Waals surface area contributed by atoms with Gasteiger partial charge in [0.1, 0.15) is 22.3 Å². The van der Waals surface area contributed by atoms with E-state index in [0.717, 1.165) is 58.8 Å². The largest absolute Gasteiger partial charge is 0.456 e. The maximum atomic E-state index is 7.41. The van der Waals surface area contributed by atoms with Crippen LogP contribution in [0.15, 0.2) is 130 Å². The van der Waals surface area contributed by atoms with Gasteiger partial charge in [0.15, 0.2) is 0 Å². The summed E-state index contributed by atoms with van der Waals surface area (Å²) in [6, 6.07) is 47.5. The monoisotopic (exact) mass is 980 g/mol. The molecule has 0 saturated carbocycles. The molecule has 0 bridgehead atoms. The zero-order valence-electron chi connectivity index (χ0n) is 44.6. The molecule has 4 aliphatic rings. The van der Waals surface area contributed by atoms with E-state index >= 15 is 0 Å². The van der Waals surface area contributed by atoms with Crippen molar-refractivity contribution in [1.82, 2.24) is 4.57 Å². The lowest BCUT2D eigenvalue weighted by Gasteiger charge is -2.42. The van der Waals surface area contributed by atoms with E-state index in [0.29, 0.717) is 0 Å². The van der Waals surface area contributed by atoms with Crippen LogP contribution < -0.4 is 15.7 Å². The van der Waals surface area contributed by atoms with Gasteiger partial charge in [-0.25, -0.2) is 0 Å². The lowest BCUT2D eigenvalue weighted by molar-refractivity contribution is 0.332. The third-order valence-corrected chi connectivity index (χ3v) is 20.4. The average molecular weight is 981 g/mol. The first-order chi connectivity index (χ1) is 35.3. The number of para-hydroxylation sites is 1. The third-order valence-electron chi connectivity index (χ3n) is 19.2. The van der Waals surface area contributed by atoms with Crippen LogP contribution in [0.2, 0.25) is 0 Å². The first kappa shape index (κ1) is 43.6. The van der Waals surface area contributed by atoms with E-state index in [1.54, 1.807) is 0 Å². The van der Waals surface area contributed by atoms with Crippen LogP contribution >= 0.6 is 11.3 Å². The minimum absolute atomic E-state index is 0.00184. The minimum Gasteiger partial charge on any atom is -0.456 e. The second-order valence-electron chi connectivity index (χ2n) is 26.5. The number of nitrogens with zero attached hydrogens (tertiary/aromatic N) is 2. The van der Waals surface area contributed by atoms with Gasteiger partial charge in [0.25, 0.3) is 0 Å². The van der Waals surface area contributed by atoms with Crippen LogP contribution in [0, 0.1) is 0 Å². The molecule has 4 aromatic heterocycles. The summed E-state index contributed by atoms with van der Waals surface area (Å²) in [7, 11) is 0. The molecule has 12 aromatic rings. The van der Waals surface area contributed by atoms with Crippen LogP contribution in [-0.4, -0.2) is 11.4 Å². The third kappa shape index (κ3) is 5.50. The van der Waals surface area contributed by atoms with Gasteiger partial charge in [0.2, 0.25) is 0 Å². The number of hydrogen-bond donors (Lipinski definition) is 0. The maximum Gasteiger partial charge on any atom is 0.333 e. The second kappa shape index (κ2) is 13.7. The lowest BCUT2D eigenvalue weighted by atomic mass is 9.43. The van der Waals surface area contributed by atoms with Gasteiger partial charge in [0.05, 0.1) is 16.4 Å². The molecular weight excluding hydrogens is 920 g/mol. The molecule has 0 amide bonds. The second-order valence-corrected chi connectivity index (χ2v) is 27.6. The normalized spacial score (nSPS) is 18.1.